The number of para-hydroxylation sites is 1. The molecule has 32 heavy (non-hydrogen) atoms. The van der Waals surface area contributed by atoms with Crippen LogP contribution in [0.5, 0.6) is 0 Å². The van der Waals surface area contributed by atoms with Gasteiger partial charge in [-0.3, -0.25) is 0 Å². The first kappa shape index (κ1) is 20.2. The molecule has 0 N–H and O–H groups in total. The Morgan fingerprint density at radius 1 is 1.00 bits per heavy atom. The summed E-state index contributed by atoms with van der Waals surface area (Å²) in [6.07, 6.45) is -1.30. The van der Waals surface area contributed by atoms with Gasteiger partial charge in [0.2, 0.25) is 11.7 Å². The molecule has 0 saturated carbocycles. The van der Waals surface area contributed by atoms with Crippen LogP contribution in [-0.2, 0) is 11.9 Å². The summed E-state index contributed by atoms with van der Waals surface area (Å²) in [5, 5.41) is 9.66. The Hall–Kier alpha value is -3.73. The summed E-state index contributed by atoms with van der Waals surface area (Å²) in [5.41, 5.74) is 0.992. The molecular formula is C21H13F3N6OS. The maximum absolute atomic E-state index is 12.9. The first-order chi connectivity index (χ1) is 15.5. The second-order valence-electron chi connectivity index (χ2n) is 6.69. The van der Waals surface area contributed by atoms with Crippen molar-refractivity contribution in [2.45, 2.75) is 17.0 Å². The van der Waals surface area contributed by atoms with Gasteiger partial charge in [-0.2, -0.15) is 23.3 Å². The van der Waals surface area contributed by atoms with E-state index in [0.29, 0.717) is 10.7 Å². The lowest BCUT2D eigenvalue weighted by molar-refractivity contribution is -0.137. The fraction of sp³-hybridized carbons (Fsp3) is 0.0952. The standard InChI is InChI=1S/C21H13F3N6OS/c22-21(23,24)14-6-4-5-13(9-14)18-28-17(31-29-18)11-32-20-16-10-27-30(19(16)25-12-26-20)15-7-2-1-3-8-15/h1-10,12H,11H2. The zero-order chi connectivity index (χ0) is 22.1. The fourth-order valence-electron chi connectivity index (χ4n) is 3.09. The molecule has 0 amide bonds. The zero-order valence-corrected chi connectivity index (χ0v) is 17.0. The van der Waals surface area contributed by atoms with E-state index in [2.05, 4.69) is 25.2 Å². The summed E-state index contributed by atoms with van der Waals surface area (Å²) in [6.45, 7) is 0. The van der Waals surface area contributed by atoms with Crippen LogP contribution >= 0.6 is 11.8 Å². The molecule has 160 valence electrons. The molecule has 0 bridgehead atoms. The number of benzene rings is 2. The van der Waals surface area contributed by atoms with E-state index in [-0.39, 0.29) is 23.0 Å². The molecule has 3 heterocycles. The summed E-state index contributed by atoms with van der Waals surface area (Å²) in [7, 11) is 0. The predicted molar refractivity (Wildman–Crippen MR) is 111 cm³/mol. The molecule has 7 nitrogen and oxygen atoms in total. The van der Waals surface area contributed by atoms with Crippen molar-refractivity contribution in [1.82, 2.24) is 29.9 Å². The minimum absolute atomic E-state index is 0.0939. The van der Waals surface area contributed by atoms with E-state index in [1.807, 2.05) is 30.3 Å². The third kappa shape index (κ3) is 3.94. The Balaban J connectivity index is 1.36. The van der Waals surface area contributed by atoms with E-state index in [4.69, 9.17) is 4.52 Å². The second-order valence-corrected chi connectivity index (χ2v) is 7.65. The maximum atomic E-state index is 12.9. The average molecular weight is 454 g/mol. The number of nitrogens with zero attached hydrogens (tertiary/aromatic N) is 6. The van der Waals surface area contributed by atoms with Gasteiger partial charge in [0.15, 0.2) is 5.65 Å². The van der Waals surface area contributed by atoms with Gasteiger partial charge in [-0.15, -0.1) is 0 Å². The summed E-state index contributed by atoms with van der Waals surface area (Å²) in [4.78, 5) is 12.9. The smallest absolute Gasteiger partial charge is 0.338 e. The van der Waals surface area contributed by atoms with Crippen LogP contribution in [0.3, 0.4) is 0 Å². The molecule has 2 aromatic carbocycles. The molecule has 11 heteroatoms. The van der Waals surface area contributed by atoms with Crippen LogP contribution in [0, 0.1) is 0 Å². The van der Waals surface area contributed by atoms with E-state index >= 15 is 0 Å². The number of thioether (sulfide) groups is 1. The third-order valence-electron chi connectivity index (χ3n) is 4.58. The van der Waals surface area contributed by atoms with Crippen molar-refractivity contribution in [3.63, 3.8) is 0 Å². The second kappa shape index (κ2) is 8.08. The lowest BCUT2D eigenvalue weighted by Gasteiger charge is -2.06. The van der Waals surface area contributed by atoms with Gasteiger partial charge in [0.1, 0.15) is 11.4 Å². The van der Waals surface area contributed by atoms with Crippen LogP contribution < -0.4 is 0 Å². The van der Waals surface area contributed by atoms with E-state index in [0.717, 1.165) is 23.2 Å². The maximum Gasteiger partial charge on any atom is 0.416 e. The number of hydrogen-bond acceptors (Lipinski definition) is 7. The van der Waals surface area contributed by atoms with Gasteiger partial charge in [0.25, 0.3) is 0 Å². The fourth-order valence-corrected chi connectivity index (χ4v) is 3.89. The lowest BCUT2D eigenvalue weighted by Crippen LogP contribution is -2.04. The van der Waals surface area contributed by atoms with E-state index < -0.39 is 11.7 Å². The molecule has 0 fully saturated rings. The number of alkyl halides is 3. The molecule has 0 aliphatic heterocycles. The summed E-state index contributed by atoms with van der Waals surface area (Å²) >= 11 is 1.35. The van der Waals surface area contributed by atoms with Crippen LogP contribution in [0.4, 0.5) is 13.2 Å². The molecule has 0 spiro atoms. The van der Waals surface area contributed by atoms with Crippen LogP contribution in [0.1, 0.15) is 11.5 Å². The molecular weight excluding hydrogens is 441 g/mol. The number of hydrogen-bond donors (Lipinski definition) is 0. The molecule has 3 aromatic heterocycles. The van der Waals surface area contributed by atoms with Crippen molar-refractivity contribution in [2.75, 3.05) is 0 Å². The molecule has 0 aliphatic carbocycles. The highest BCUT2D eigenvalue weighted by atomic mass is 32.2. The monoisotopic (exact) mass is 454 g/mol. The number of aromatic nitrogens is 6. The van der Waals surface area contributed by atoms with Crippen molar-refractivity contribution >= 4 is 22.8 Å². The van der Waals surface area contributed by atoms with Gasteiger partial charge in [0.05, 0.1) is 28.6 Å². The highest BCUT2D eigenvalue weighted by molar-refractivity contribution is 7.98. The highest BCUT2D eigenvalue weighted by Gasteiger charge is 2.30. The number of rotatable bonds is 5. The van der Waals surface area contributed by atoms with Gasteiger partial charge in [-0.05, 0) is 24.3 Å². The van der Waals surface area contributed by atoms with Crippen molar-refractivity contribution in [3.05, 3.63) is 78.6 Å². The van der Waals surface area contributed by atoms with Gasteiger partial charge in [-0.25, -0.2) is 14.6 Å². The topological polar surface area (TPSA) is 82.5 Å². The first-order valence-electron chi connectivity index (χ1n) is 9.36. The SMILES string of the molecule is FC(F)(F)c1cccc(-c2noc(CSc3ncnc4c3cnn4-c3ccccc3)n2)c1. The minimum atomic E-state index is -4.44. The van der Waals surface area contributed by atoms with Crippen molar-refractivity contribution in [2.24, 2.45) is 0 Å². The molecule has 0 radical (unpaired) electrons. The van der Waals surface area contributed by atoms with Crippen molar-refractivity contribution < 1.29 is 17.7 Å². The van der Waals surface area contributed by atoms with Gasteiger partial charge >= 0.3 is 6.18 Å². The van der Waals surface area contributed by atoms with Crippen molar-refractivity contribution in [1.29, 1.82) is 0 Å². The Labute approximate surface area is 183 Å². The Morgan fingerprint density at radius 2 is 1.84 bits per heavy atom. The Bertz CT molecular complexity index is 1380. The quantitative estimate of drug-likeness (QED) is 0.267. The molecule has 5 rings (SSSR count). The Kier molecular flexibility index (Phi) is 5.10. The number of fused-ring (bicyclic) bond motifs is 1. The van der Waals surface area contributed by atoms with Crippen molar-refractivity contribution in [3.8, 4) is 17.1 Å². The molecule has 0 aliphatic rings. The van der Waals surface area contributed by atoms with Crippen LogP contribution in [0.25, 0.3) is 28.1 Å². The molecule has 5 aromatic rings. The Morgan fingerprint density at radius 3 is 2.66 bits per heavy atom. The molecule has 0 atom stereocenters. The molecule has 0 unspecified atom stereocenters. The van der Waals surface area contributed by atoms with Gasteiger partial charge < -0.3 is 4.52 Å². The van der Waals surface area contributed by atoms with Gasteiger partial charge in [0, 0.05) is 5.56 Å². The van der Waals surface area contributed by atoms with Crippen LogP contribution in [0.15, 0.2) is 76.7 Å². The van der Waals surface area contributed by atoms with Gasteiger partial charge in [-0.1, -0.05) is 47.3 Å². The van der Waals surface area contributed by atoms with E-state index in [1.165, 1.54) is 30.2 Å². The zero-order valence-electron chi connectivity index (χ0n) is 16.2. The summed E-state index contributed by atoms with van der Waals surface area (Å²) < 4.78 is 45.8. The largest absolute Gasteiger partial charge is 0.416 e. The predicted octanol–water partition coefficient (Wildman–Crippen LogP) is 5.18. The van der Waals surface area contributed by atoms with Crippen LogP contribution in [0.2, 0.25) is 0 Å². The first-order valence-corrected chi connectivity index (χ1v) is 10.3. The average Bonchev–Trinajstić information content (AvgIpc) is 3.45. The van der Waals surface area contributed by atoms with E-state index in [9.17, 15) is 13.2 Å². The highest BCUT2D eigenvalue weighted by Crippen LogP contribution is 2.32. The minimum Gasteiger partial charge on any atom is -0.338 e. The summed E-state index contributed by atoms with van der Waals surface area (Å²) in [6, 6.07) is 14.4. The molecule has 0 saturated heterocycles. The summed E-state index contributed by atoms with van der Waals surface area (Å²) in [5.74, 6) is 0.648. The van der Waals surface area contributed by atoms with E-state index in [1.54, 1.807) is 10.9 Å². The normalized spacial score (nSPS) is 11.8. The number of halogens is 3. The van der Waals surface area contributed by atoms with Crippen LogP contribution in [-0.4, -0.2) is 29.9 Å². The lowest BCUT2D eigenvalue weighted by atomic mass is 10.1. The third-order valence-corrected chi connectivity index (χ3v) is 5.57.